The van der Waals surface area contributed by atoms with E-state index >= 15 is 0 Å². The highest BCUT2D eigenvalue weighted by atomic mass is 32.2. The molecule has 0 amide bonds. The topological polar surface area (TPSA) is 28.4 Å². The van der Waals surface area contributed by atoms with Gasteiger partial charge in [0.15, 0.2) is 0 Å². The second-order valence-electron chi connectivity index (χ2n) is 5.41. The molecule has 0 unspecified atom stereocenters. The molecular weight excluding hydrogens is 280 g/mol. The third-order valence-corrected chi connectivity index (χ3v) is 4.19. The van der Waals surface area contributed by atoms with Crippen LogP contribution in [0.15, 0.2) is 28.7 Å². The largest absolute Gasteiger partial charge is 0.459 e. The molecule has 1 N–H and O–H groups in total. The first-order valence-corrected chi connectivity index (χ1v) is 9.03. The van der Waals surface area contributed by atoms with Crippen molar-refractivity contribution in [2.24, 2.45) is 0 Å². The van der Waals surface area contributed by atoms with E-state index in [2.05, 4.69) is 48.6 Å². The number of thioether (sulfide) groups is 1. The van der Waals surface area contributed by atoms with Crippen molar-refractivity contribution in [2.45, 2.75) is 26.4 Å². The number of furan rings is 1. The number of rotatable bonds is 9. The van der Waals surface area contributed by atoms with Crippen LogP contribution >= 0.6 is 11.8 Å². The second-order valence-corrected chi connectivity index (χ2v) is 6.39. The molecule has 0 aliphatic carbocycles. The molecule has 0 aliphatic heterocycles. The van der Waals surface area contributed by atoms with Gasteiger partial charge in [0.2, 0.25) is 0 Å². The highest BCUT2D eigenvalue weighted by molar-refractivity contribution is 7.98. The molecule has 2 aromatic rings. The Morgan fingerprint density at radius 2 is 2.10 bits per heavy atom. The van der Waals surface area contributed by atoms with Gasteiger partial charge in [0, 0.05) is 29.8 Å². The van der Waals surface area contributed by atoms with Crippen LogP contribution in [0.5, 0.6) is 0 Å². The molecule has 21 heavy (non-hydrogen) atoms. The summed E-state index contributed by atoms with van der Waals surface area (Å²) in [6.45, 7) is 6.08. The summed E-state index contributed by atoms with van der Waals surface area (Å²) in [6, 6.07) is 8.34. The third-order valence-electron chi connectivity index (χ3n) is 3.60. The Labute approximate surface area is 132 Å². The molecule has 116 valence electrons. The number of para-hydroxylation sites is 1. The second kappa shape index (κ2) is 8.47. The van der Waals surface area contributed by atoms with E-state index in [1.54, 1.807) is 0 Å². The minimum Gasteiger partial charge on any atom is -0.459 e. The molecular formula is C17H26N2OS. The maximum absolute atomic E-state index is 6.09. The lowest BCUT2D eigenvalue weighted by Gasteiger charge is -2.15. The van der Waals surface area contributed by atoms with Gasteiger partial charge in [-0.05, 0) is 32.3 Å². The first-order chi connectivity index (χ1) is 10.3. The summed E-state index contributed by atoms with van der Waals surface area (Å²) < 4.78 is 6.09. The highest BCUT2D eigenvalue weighted by Gasteiger charge is 2.14. The average Bonchev–Trinajstić information content (AvgIpc) is 2.83. The summed E-state index contributed by atoms with van der Waals surface area (Å²) in [7, 11) is 2.16. The molecule has 0 bridgehead atoms. The monoisotopic (exact) mass is 306 g/mol. The molecule has 1 heterocycles. The van der Waals surface area contributed by atoms with Crippen LogP contribution in [0, 0.1) is 0 Å². The van der Waals surface area contributed by atoms with Crippen LogP contribution in [-0.2, 0) is 13.1 Å². The van der Waals surface area contributed by atoms with Crippen molar-refractivity contribution in [3.63, 3.8) is 0 Å². The van der Waals surface area contributed by atoms with Gasteiger partial charge in [0.25, 0.3) is 0 Å². The number of fused-ring (bicyclic) bond motifs is 1. The number of benzene rings is 1. The summed E-state index contributed by atoms with van der Waals surface area (Å²) in [5, 5.41) is 4.75. The lowest BCUT2D eigenvalue weighted by atomic mass is 10.1. The molecule has 0 radical (unpaired) electrons. The molecule has 0 saturated carbocycles. The van der Waals surface area contributed by atoms with Gasteiger partial charge >= 0.3 is 0 Å². The quantitative estimate of drug-likeness (QED) is 0.715. The van der Waals surface area contributed by atoms with Crippen LogP contribution < -0.4 is 5.32 Å². The number of hydrogen-bond acceptors (Lipinski definition) is 4. The molecule has 0 fully saturated rings. The van der Waals surface area contributed by atoms with Gasteiger partial charge in [0.05, 0.1) is 6.54 Å². The van der Waals surface area contributed by atoms with E-state index in [-0.39, 0.29) is 0 Å². The van der Waals surface area contributed by atoms with Gasteiger partial charge in [-0.25, -0.2) is 0 Å². The van der Waals surface area contributed by atoms with E-state index in [0.717, 1.165) is 49.7 Å². The Morgan fingerprint density at radius 1 is 1.29 bits per heavy atom. The van der Waals surface area contributed by atoms with Crippen molar-refractivity contribution in [2.75, 3.05) is 32.1 Å². The van der Waals surface area contributed by atoms with Crippen molar-refractivity contribution < 1.29 is 4.42 Å². The van der Waals surface area contributed by atoms with Crippen molar-refractivity contribution >= 4 is 22.7 Å². The standard InChI is InChI=1S/C17H26N2OS/c1-4-9-18-12-15-14-7-5-6-8-16(14)20-17(15)13-19(2)10-11-21-3/h5-8,18H,4,9-13H2,1-3H3. The highest BCUT2D eigenvalue weighted by Crippen LogP contribution is 2.26. The fourth-order valence-corrected chi connectivity index (χ4v) is 2.93. The molecule has 4 heteroatoms. The van der Waals surface area contributed by atoms with Gasteiger partial charge < -0.3 is 9.73 Å². The Balaban J connectivity index is 2.17. The van der Waals surface area contributed by atoms with Gasteiger partial charge in [-0.15, -0.1) is 0 Å². The molecule has 0 atom stereocenters. The zero-order chi connectivity index (χ0) is 15.1. The molecule has 0 spiro atoms. The molecule has 2 rings (SSSR count). The smallest absolute Gasteiger partial charge is 0.134 e. The summed E-state index contributed by atoms with van der Waals surface area (Å²) in [4.78, 5) is 2.33. The minimum absolute atomic E-state index is 0.873. The van der Waals surface area contributed by atoms with E-state index in [1.165, 1.54) is 10.9 Å². The molecule has 1 aromatic heterocycles. The Morgan fingerprint density at radius 3 is 2.86 bits per heavy atom. The van der Waals surface area contributed by atoms with E-state index in [1.807, 2.05) is 17.8 Å². The SMILES string of the molecule is CCCNCc1c(CN(C)CCSC)oc2ccccc12. The van der Waals surface area contributed by atoms with Crippen molar-refractivity contribution in [1.29, 1.82) is 0 Å². The summed E-state index contributed by atoms with van der Waals surface area (Å²) in [5.74, 6) is 2.25. The van der Waals surface area contributed by atoms with E-state index in [0.29, 0.717) is 0 Å². The van der Waals surface area contributed by atoms with Crippen LogP contribution in [0.1, 0.15) is 24.7 Å². The Hall–Kier alpha value is -0.970. The first-order valence-electron chi connectivity index (χ1n) is 7.63. The van der Waals surface area contributed by atoms with Crippen molar-refractivity contribution in [3.05, 3.63) is 35.6 Å². The Bertz CT molecular complexity index is 553. The molecule has 1 aromatic carbocycles. The summed E-state index contributed by atoms with van der Waals surface area (Å²) in [5.41, 5.74) is 2.31. The maximum Gasteiger partial charge on any atom is 0.134 e. The van der Waals surface area contributed by atoms with Gasteiger partial charge in [0.1, 0.15) is 11.3 Å². The van der Waals surface area contributed by atoms with Crippen LogP contribution in [0.3, 0.4) is 0 Å². The average molecular weight is 306 g/mol. The van der Waals surface area contributed by atoms with Crippen LogP contribution in [0.4, 0.5) is 0 Å². The normalized spacial score (nSPS) is 11.6. The zero-order valence-corrected chi connectivity index (χ0v) is 14.1. The minimum atomic E-state index is 0.873. The van der Waals surface area contributed by atoms with Crippen molar-refractivity contribution in [3.8, 4) is 0 Å². The Kier molecular flexibility index (Phi) is 6.61. The molecule has 0 aliphatic rings. The van der Waals surface area contributed by atoms with Crippen LogP contribution in [-0.4, -0.2) is 37.0 Å². The van der Waals surface area contributed by atoms with E-state index in [4.69, 9.17) is 4.42 Å². The predicted molar refractivity (Wildman–Crippen MR) is 92.9 cm³/mol. The lowest BCUT2D eigenvalue weighted by molar-refractivity contribution is 0.314. The van der Waals surface area contributed by atoms with Gasteiger partial charge in [-0.2, -0.15) is 11.8 Å². The van der Waals surface area contributed by atoms with Gasteiger partial charge in [-0.1, -0.05) is 25.1 Å². The zero-order valence-electron chi connectivity index (χ0n) is 13.3. The maximum atomic E-state index is 6.09. The number of nitrogens with zero attached hydrogens (tertiary/aromatic N) is 1. The first kappa shape index (κ1) is 16.4. The fraction of sp³-hybridized carbons (Fsp3) is 0.529. The van der Waals surface area contributed by atoms with Crippen LogP contribution in [0.2, 0.25) is 0 Å². The van der Waals surface area contributed by atoms with Gasteiger partial charge in [-0.3, -0.25) is 4.90 Å². The van der Waals surface area contributed by atoms with Crippen LogP contribution in [0.25, 0.3) is 11.0 Å². The fourth-order valence-electron chi connectivity index (χ4n) is 2.43. The summed E-state index contributed by atoms with van der Waals surface area (Å²) in [6.07, 6.45) is 3.30. The third kappa shape index (κ3) is 4.50. The number of nitrogens with one attached hydrogen (secondary N) is 1. The van der Waals surface area contributed by atoms with E-state index in [9.17, 15) is 0 Å². The molecule has 3 nitrogen and oxygen atoms in total. The van der Waals surface area contributed by atoms with E-state index < -0.39 is 0 Å². The lowest BCUT2D eigenvalue weighted by Crippen LogP contribution is -2.22. The number of hydrogen-bond donors (Lipinski definition) is 1. The van der Waals surface area contributed by atoms with Crippen molar-refractivity contribution in [1.82, 2.24) is 10.2 Å². The summed E-state index contributed by atoms with van der Waals surface area (Å²) >= 11 is 1.88. The predicted octanol–water partition coefficient (Wildman–Crippen LogP) is 3.73. The molecule has 0 saturated heterocycles.